The molecule has 1 heterocycles. The monoisotopic (exact) mass is 326 g/mol. The Bertz CT molecular complexity index is 736. The summed E-state index contributed by atoms with van der Waals surface area (Å²) in [6.07, 6.45) is 0.604. The van der Waals surface area contributed by atoms with Crippen LogP contribution in [-0.4, -0.2) is 32.5 Å². The second kappa shape index (κ2) is 6.15. The molecule has 0 saturated carbocycles. The summed E-state index contributed by atoms with van der Waals surface area (Å²) in [6.45, 7) is 0.645. The van der Waals surface area contributed by atoms with Gasteiger partial charge in [0.2, 0.25) is 10.0 Å². The van der Waals surface area contributed by atoms with E-state index in [2.05, 4.69) is 0 Å². The van der Waals surface area contributed by atoms with Gasteiger partial charge >= 0.3 is 0 Å². The molecule has 0 radical (unpaired) electrons. The second-order valence-electron chi connectivity index (χ2n) is 5.20. The number of thiophene rings is 1. The molecule has 0 aliphatic carbocycles. The van der Waals surface area contributed by atoms with Crippen molar-refractivity contribution in [2.75, 3.05) is 14.1 Å². The molecule has 0 fully saturated rings. The van der Waals surface area contributed by atoms with Gasteiger partial charge in [0.05, 0.1) is 0 Å². The second-order valence-corrected chi connectivity index (χ2v) is 7.90. The molecule has 21 heavy (non-hydrogen) atoms. The third-order valence-electron chi connectivity index (χ3n) is 2.95. The number of sulfonamides is 1. The van der Waals surface area contributed by atoms with Gasteiger partial charge in [-0.3, -0.25) is 0 Å². The van der Waals surface area contributed by atoms with Crippen LogP contribution in [0.5, 0.6) is 5.75 Å². The van der Waals surface area contributed by atoms with Crippen molar-refractivity contribution in [3.8, 4) is 5.75 Å². The molecule has 114 valence electrons. The minimum Gasteiger partial charge on any atom is -0.508 e. The Morgan fingerprint density at radius 1 is 1.24 bits per heavy atom. The van der Waals surface area contributed by atoms with E-state index < -0.39 is 10.0 Å². The van der Waals surface area contributed by atoms with Crippen molar-refractivity contribution in [1.29, 1.82) is 0 Å². The number of benzene rings is 1. The SMILES string of the molecule is CN(C)Cc1cc(Cc2csc(S(N)(=O)=O)c2)ccc1O. The van der Waals surface area contributed by atoms with Crippen LogP contribution < -0.4 is 5.14 Å². The first-order chi connectivity index (χ1) is 9.75. The number of phenolic OH excluding ortho intramolecular Hbond substituents is 1. The maximum absolute atomic E-state index is 11.3. The number of nitrogens with zero attached hydrogens (tertiary/aromatic N) is 1. The van der Waals surface area contributed by atoms with Crippen LogP contribution in [0.3, 0.4) is 0 Å². The molecule has 0 spiro atoms. The maximum Gasteiger partial charge on any atom is 0.247 e. The molecule has 2 rings (SSSR count). The van der Waals surface area contributed by atoms with E-state index in [0.29, 0.717) is 13.0 Å². The lowest BCUT2D eigenvalue weighted by Gasteiger charge is -2.12. The van der Waals surface area contributed by atoms with E-state index >= 15 is 0 Å². The van der Waals surface area contributed by atoms with E-state index in [4.69, 9.17) is 5.14 Å². The van der Waals surface area contributed by atoms with Gasteiger partial charge < -0.3 is 10.0 Å². The zero-order valence-corrected chi connectivity index (χ0v) is 13.5. The molecule has 7 heteroatoms. The van der Waals surface area contributed by atoms with E-state index in [1.807, 2.05) is 31.1 Å². The molecule has 0 atom stereocenters. The van der Waals surface area contributed by atoms with E-state index in [9.17, 15) is 13.5 Å². The molecule has 3 N–H and O–H groups in total. The van der Waals surface area contributed by atoms with Crippen LogP contribution in [0.4, 0.5) is 0 Å². The average Bonchev–Trinajstić information content (AvgIpc) is 2.81. The fraction of sp³-hybridized carbons (Fsp3) is 0.286. The molecule has 0 aliphatic heterocycles. The van der Waals surface area contributed by atoms with Gasteiger partial charge in [0.15, 0.2) is 0 Å². The number of rotatable bonds is 5. The first-order valence-corrected chi connectivity index (χ1v) is 8.74. The summed E-state index contributed by atoms with van der Waals surface area (Å²) in [5.74, 6) is 0.267. The highest BCUT2D eigenvalue weighted by atomic mass is 32.2. The Hall–Kier alpha value is -1.41. The predicted octanol–water partition coefficient (Wildman–Crippen LogP) is 1.75. The zero-order chi connectivity index (χ0) is 15.6. The van der Waals surface area contributed by atoms with E-state index in [1.54, 1.807) is 17.5 Å². The smallest absolute Gasteiger partial charge is 0.247 e. The molecule has 2 aromatic rings. The molecule has 0 saturated heterocycles. The van der Waals surface area contributed by atoms with Crippen molar-refractivity contribution in [2.45, 2.75) is 17.2 Å². The summed E-state index contributed by atoms with van der Waals surface area (Å²) in [5.41, 5.74) is 2.76. The number of primary sulfonamides is 1. The van der Waals surface area contributed by atoms with Crippen LogP contribution in [0.25, 0.3) is 0 Å². The molecule has 0 bridgehead atoms. The topological polar surface area (TPSA) is 83.6 Å². The van der Waals surface area contributed by atoms with E-state index in [1.165, 1.54) is 0 Å². The summed E-state index contributed by atoms with van der Waals surface area (Å²) in [4.78, 5) is 1.97. The summed E-state index contributed by atoms with van der Waals surface area (Å²) in [5, 5.41) is 16.7. The highest BCUT2D eigenvalue weighted by Crippen LogP contribution is 2.24. The van der Waals surface area contributed by atoms with Crippen LogP contribution in [0.1, 0.15) is 16.7 Å². The predicted molar refractivity (Wildman–Crippen MR) is 84.0 cm³/mol. The Kier molecular flexibility index (Phi) is 4.67. The van der Waals surface area contributed by atoms with Crippen LogP contribution in [0.2, 0.25) is 0 Å². The Balaban J connectivity index is 2.22. The number of aromatic hydroxyl groups is 1. The third kappa shape index (κ3) is 4.28. The van der Waals surface area contributed by atoms with Gasteiger partial charge in [0.25, 0.3) is 0 Å². The van der Waals surface area contributed by atoms with Gasteiger partial charge in [-0.2, -0.15) is 0 Å². The van der Waals surface area contributed by atoms with Gasteiger partial charge in [-0.15, -0.1) is 11.3 Å². The van der Waals surface area contributed by atoms with Crippen LogP contribution in [-0.2, 0) is 23.0 Å². The molecular formula is C14H18N2O3S2. The van der Waals surface area contributed by atoms with Crippen molar-refractivity contribution in [3.63, 3.8) is 0 Å². The molecule has 0 unspecified atom stereocenters. The van der Waals surface area contributed by atoms with Crippen LogP contribution in [0.15, 0.2) is 33.9 Å². The maximum atomic E-state index is 11.3. The zero-order valence-electron chi connectivity index (χ0n) is 11.9. The number of phenols is 1. The highest BCUT2D eigenvalue weighted by Gasteiger charge is 2.12. The minimum atomic E-state index is -3.63. The van der Waals surface area contributed by atoms with Crippen molar-refractivity contribution >= 4 is 21.4 Å². The fourth-order valence-electron chi connectivity index (χ4n) is 2.05. The van der Waals surface area contributed by atoms with Crippen molar-refractivity contribution < 1.29 is 13.5 Å². The fourth-order valence-corrected chi connectivity index (χ4v) is 3.68. The quantitative estimate of drug-likeness (QED) is 0.877. The number of hydrogen-bond donors (Lipinski definition) is 2. The Labute approximate surface area is 128 Å². The lowest BCUT2D eigenvalue weighted by atomic mass is 10.0. The molecular weight excluding hydrogens is 308 g/mol. The first kappa shape index (κ1) is 16.0. The lowest BCUT2D eigenvalue weighted by Crippen LogP contribution is -2.11. The summed E-state index contributed by atoms with van der Waals surface area (Å²) in [7, 11) is 0.235. The first-order valence-electron chi connectivity index (χ1n) is 6.31. The molecule has 0 aliphatic rings. The number of hydrogen-bond acceptors (Lipinski definition) is 5. The summed E-state index contributed by atoms with van der Waals surface area (Å²) in [6, 6.07) is 7.03. The van der Waals surface area contributed by atoms with Gasteiger partial charge in [-0.1, -0.05) is 12.1 Å². The molecule has 5 nitrogen and oxygen atoms in total. The summed E-state index contributed by atoms with van der Waals surface area (Å²) < 4.78 is 22.7. The lowest BCUT2D eigenvalue weighted by molar-refractivity contribution is 0.385. The van der Waals surface area contributed by atoms with Crippen LogP contribution >= 0.6 is 11.3 Å². The van der Waals surface area contributed by atoms with Crippen molar-refractivity contribution in [3.05, 3.63) is 46.3 Å². The largest absolute Gasteiger partial charge is 0.508 e. The summed E-state index contributed by atoms with van der Waals surface area (Å²) >= 11 is 1.12. The van der Waals surface area contributed by atoms with Gasteiger partial charge in [-0.25, -0.2) is 13.6 Å². The number of nitrogens with two attached hydrogens (primary N) is 1. The van der Waals surface area contributed by atoms with Crippen molar-refractivity contribution in [1.82, 2.24) is 4.90 Å². The highest BCUT2D eigenvalue weighted by molar-refractivity contribution is 7.91. The average molecular weight is 326 g/mol. The van der Waals surface area contributed by atoms with Crippen LogP contribution in [0, 0.1) is 0 Å². The molecule has 0 amide bonds. The Morgan fingerprint density at radius 2 is 1.95 bits per heavy atom. The van der Waals surface area contributed by atoms with Crippen molar-refractivity contribution in [2.24, 2.45) is 5.14 Å². The normalized spacial score (nSPS) is 12.0. The van der Waals surface area contributed by atoms with Gasteiger partial charge in [-0.05, 0) is 49.2 Å². The third-order valence-corrected chi connectivity index (χ3v) is 5.38. The molecule has 1 aromatic carbocycles. The van der Waals surface area contributed by atoms with Gasteiger partial charge in [0, 0.05) is 12.1 Å². The van der Waals surface area contributed by atoms with Gasteiger partial charge in [0.1, 0.15) is 9.96 Å². The standard InChI is InChI=1S/C14H18N2O3S2/c1-16(2)8-12-6-10(3-4-13(12)17)5-11-7-14(20-9-11)21(15,18)19/h3-4,6-7,9,17H,5,8H2,1-2H3,(H2,15,18,19). The van der Waals surface area contributed by atoms with E-state index in [0.717, 1.165) is 28.0 Å². The minimum absolute atomic E-state index is 0.171. The molecule has 1 aromatic heterocycles. The Morgan fingerprint density at radius 3 is 2.52 bits per heavy atom. The van der Waals surface area contributed by atoms with E-state index in [-0.39, 0.29) is 9.96 Å².